The molecule has 0 unspecified atom stereocenters. The van der Waals surface area contributed by atoms with E-state index in [0.29, 0.717) is 0 Å². The second-order valence-corrected chi connectivity index (χ2v) is 3.59. The lowest BCUT2D eigenvalue weighted by atomic mass is 10.3. The zero-order valence-electron chi connectivity index (χ0n) is 6.99. The molecule has 0 atom stereocenters. The fraction of sp³-hybridized carbons (Fsp3) is 0.111. The SMILES string of the molecule is COc1cnc2cccnc2c1I. The fourth-order valence-electron chi connectivity index (χ4n) is 1.11. The van der Waals surface area contributed by atoms with E-state index in [0.717, 1.165) is 20.4 Å². The number of nitrogens with zero attached hydrogens (tertiary/aromatic N) is 2. The summed E-state index contributed by atoms with van der Waals surface area (Å²) in [6.07, 6.45) is 3.47. The molecule has 2 rings (SSSR count). The third-order valence-corrected chi connectivity index (χ3v) is 2.79. The van der Waals surface area contributed by atoms with Crippen LogP contribution in [0.25, 0.3) is 11.0 Å². The molecule has 0 spiro atoms. The number of hydrogen-bond acceptors (Lipinski definition) is 3. The summed E-state index contributed by atoms with van der Waals surface area (Å²) in [6.45, 7) is 0. The lowest BCUT2D eigenvalue weighted by Gasteiger charge is -2.04. The Kier molecular flexibility index (Phi) is 2.30. The molecule has 0 amide bonds. The molecule has 0 fully saturated rings. The summed E-state index contributed by atoms with van der Waals surface area (Å²) in [5.41, 5.74) is 1.79. The molecule has 0 aromatic carbocycles. The van der Waals surface area contributed by atoms with Gasteiger partial charge in [0.05, 0.1) is 22.4 Å². The standard InChI is InChI=1S/C9H7IN2O/c1-13-7-5-12-6-3-2-4-11-9(6)8(7)10/h2-5H,1H3. The van der Waals surface area contributed by atoms with Crippen LogP contribution in [-0.2, 0) is 0 Å². The summed E-state index contributed by atoms with van der Waals surface area (Å²) in [4.78, 5) is 8.46. The third kappa shape index (κ3) is 1.46. The second-order valence-electron chi connectivity index (χ2n) is 2.51. The van der Waals surface area contributed by atoms with E-state index in [1.54, 1.807) is 19.5 Å². The van der Waals surface area contributed by atoms with Crippen LogP contribution in [0.15, 0.2) is 24.5 Å². The Hall–Kier alpha value is -0.910. The van der Waals surface area contributed by atoms with Gasteiger partial charge in [0.1, 0.15) is 5.52 Å². The van der Waals surface area contributed by atoms with E-state index in [4.69, 9.17) is 4.74 Å². The minimum Gasteiger partial charge on any atom is -0.494 e. The first kappa shape index (κ1) is 8.68. The zero-order valence-corrected chi connectivity index (χ0v) is 9.15. The van der Waals surface area contributed by atoms with E-state index in [9.17, 15) is 0 Å². The van der Waals surface area contributed by atoms with E-state index >= 15 is 0 Å². The van der Waals surface area contributed by atoms with E-state index < -0.39 is 0 Å². The maximum absolute atomic E-state index is 5.14. The first-order chi connectivity index (χ1) is 6.33. The number of methoxy groups -OCH3 is 1. The van der Waals surface area contributed by atoms with Crippen molar-refractivity contribution in [2.24, 2.45) is 0 Å². The molecular weight excluding hydrogens is 279 g/mol. The third-order valence-electron chi connectivity index (χ3n) is 1.75. The smallest absolute Gasteiger partial charge is 0.152 e. The molecule has 13 heavy (non-hydrogen) atoms. The number of aromatic nitrogens is 2. The second kappa shape index (κ2) is 3.45. The first-order valence-electron chi connectivity index (χ1n) is 3.76. The molecule has 0 radical (unpaired) electrons. The van der Waals surface area contributed by atoms with Crippen LogP contribution in [0.2, 0.25) is 0 Å². The average molecular weight is 286 g/mol. The molecule has 0 aliphatic heterocycles. The van der Waals surface area contributed by atoms with Crippen LogP contribution < -0.4 is 4.74 Å². The van der Waals surface area contributed by atoms with Gasteiger partial charge in [-0.25, -0.2) is 0 Å². The molecule has 0 saturated carbocycles. The molecule has 2 aromatic rings. The van der Waals surface area contributed by atoms with Gasteiger partial charge in [0.15, 0.2) is 5.75 Å². The van der Waals surface area contributed by atoms with Crippen molar-refractivity contribution >= 4 is 33.6 Å². The Morgan fingerprint density at radius 3 is 3.00 bits per heavy atom. The molecule has 66 valence electrons. The highest BCUT2D eigenvalue weighted by Gasteiger charge is 2.05. The quantitative estimate of drug-likeness (QED) is 0.754. The van der Waals surface area contributed by atoms with Gasteiger partial charge in [-0.05, 0) is 34.7 Å². The van der Waals surface area contributed by atoms with Crippen molar-refractivity contribution in [2.75, 3.05) is 7.11 Å². The lowest BCUT2D eigenvalue weighted by molar-refractivity contribution is 0.411. The van der Waals surface area contributed by atoms with Crippen molar-refractivity contribution in [1.82, 2.24) is 9.97 Å². The molecule has 0 N–H and O–H groups in total. The van der Waals surface area contributed by atoms with E-state index in [1.165, 1.54) is 0 Å². The van der Waals surface area contributed by atoms with Crippen LogP contribution in [0.1, 0.15) is 0 Å². The largest absolute Gasteiger partial charge is 0.494 e. The minimum absolute atomic E-state index is 0.770. The Morgan fingerprint density at radius 2 is 2.23 bits per heavy atom. The van der Waals surface area contributed by atoms with Crippen molar-refractivity contribution in [1.29, 1.82) is 0 Å². The number of hydrogen-bond donors (Lipinski definition) is 0. The van der Waals surface area contributed by atoms with Crippen LogP contribution in [0.5, 0.6) is 5.75 Å². The van der Waals surface area contributed by atoms with Gasteiger partial charge in [0.25, 0.3) is 0 Å². The first-order valence-corrected chi connectivity index (χ1v) is 4.84. The van der Waals surface area contributed by atoms with E-state index in [1.807, 2.05) is 12.1 Å². The molecule has 2 aromatic heterocycles. The van der Waals surface area contributed by atoms with Crippen molar-refractivity contribution in [3.63, 3.8) is 0 Å². The summed E-state index contributed by atoms with van der Waals surface area (Å²) in [5, 5.41) is 0. The molecule has 0 aliphatic carbocycles. The number of ether oxygens (including phenoxy) is 1. The highest BCUT2D eigenvalue weighted by molar-refractivity contribution is 14.1. The lowest BCUT2D eigenvalue weighted by Crippen LogP contribution is -1.91. The summed E-state index contributed by atoms with van der Waals surface area (Å²) < 4.78 is 6.15. The normalized spacial score (nSPS) is 10.3. The van der Waals surface area contributed by atoms with Gasteiger partial charge in [-0.15, -0.1) is 0 Å². The van der Waals surface area contributed by atoms with Gasteiger partial charge in [-0.1, -0.05) is 0 Å². The maximum atomic E-state index is 5.14. The molecule has 0 aliphatic rings. The van der Waals surface area contributed by atoms with Crippen molar-refractivity contribution < 1.29 is 4.74 Å². The van der Waals surface area contributed by atoms with Crippen LogP contribution in [-0.4, -0.2) is 17.1 Å². The predicted molar refractivity (Wildman–Crippen MR) is 58.8 cm³/mol. The molecule has 0 bridgehead atoms. The molecule has 2 heterocycles. The summed E-state index contributed by atoms with van der Waals surface area (Å²) in [6, 6.07) is 3.81. The topological polar surface area (TPSA) is 35.0 Å². The van der Waals surface area contributed by atoms with Crippen molar-refractivity contribution in [2.45, 2.75) is 0 Å². The van der Waals surface area contributed by atoms with Crippen molar-refractivity contribution in [3.05, 3.63) is 28.1 Å². The Morgan fingerprint density at radius 1 is 1.38 bits per heavy atom. The minimum atomic E-state index is 0.770. The Balaban J connectivity index is 2.79. The molecule has 0 saturated heterocycles. The predicted octanol–water partition coefficient (Wildman–Crippen LogP) is 2.24. The van der Waals surface area contributed by atoms with E-state index in [-0.39, 0.29) is 0 Å². The van der Waals surface area contributed by atoms with Crippen LogP contribution in [0, 0.1) is 3.57 Å². The highest BCUT2D eigenvalue weighted by atomic mass is 127. The average Bonchev–Trinajstić information content (AvgIpc) is 2.19. The Bertz CT molecular complexity index is 445. The fourth-order valence-corrected chi connectivity index (χ4v) is 1.89. The monoisotopic (exact) mass is 286 g/mol. The summed E-state index contributed by atoms with van der Waals surface area (Å²) >= 11 is 2.21. The van der Waals surface area contributed by atoms with Gasteiger partial charge in [0, 0.05) is 6.20 Å². The van der Waals surface area contributed by atoms with Gasteiger partial charge in [-0.3, -0.25) is 9.97 Å². The molecule has 3 nitrogen and oxygen atoms in total. The summed E-state index contributed by atoms with van der Waals surface area (Å²) in [7, 11) is 1.63. The van der Waals surface area contributed by atoms with Crippen molar-refractivity contribution in [3.8, 4) is 5.75 Å². The Labute approximate surface area is 89.3 Å². The van der Waals surface area contributed by atoms with Crippen LogP contribution in [0.4, 0.5) is 0 Å². The van der Waals surface area contributed by atoms with Gasteiger partial charge in [-0.2, -0.15) is 0 Å². The number of fused-ring (bicyclic) bond motifs is 1. The van der Waals surface area contributed by atoms with Crippen LogP contribution >= 0.6 is 22.6 Å². The number of pyridine rings is 2. The highest BCUT2D eigenvalue weighted by Crippen LogP contribution is 2.25. The van der Waals surface area contributed by atoms with Gasteiger partial charge < -0.3 is 4.74 Å². The van der Waals surface area contributed by atoms with Gasteiger partial charge in [0.2, 0.25) is 0 Å². The maximum Gasteiger partial charge on any atom is 0.152 e. The molecular formula is C9H7IN2O. The molecule has 4 heteroatoms. The number of halogens is 1. The van der Waals surface area contributed by atoms with Gasteiger partial charge >= 0.3 is 0 Å². The van der Waals surface area contributed by atoms with Crippen LogP contribution in [0.3, 0.4) is 0 Å². The van der Waals surface area contributed by atoms with E-state index in [2.05, 4.69) is 32.6 Å². The zero-order chi connectivity index (χ0) is 9.26. The summed E-state index contributed by atoms with van der Waals surface area (Å²) in [5.74, 6) is 0.770. The number of rotatable bonds is 1.